The molecular formula is C17H16O3. The lowest BCUT2D eigenvalue weighted by Crippen LogP contribution is -2.30. The molecule has 3 rings (SSSR count). The Kier molecular flexibility index (Phi) is 3.20. The minimum atomic E-state index is -1.13. The molecule has 0 saturated carbocycles. The van der Waals surface area contributed by atoms with Crippen LogP contribution in [0.1, 0.15) is 29.9 Å². The van der Waals surface area contributed by atoms with E-state index in [2.05, 4.69) is 0 Å². The van der Waals surface area contributed by atoms with Crippen LogP contribution in [0.3, 0.4) is 0 Å². The van der Waals surface area contributed by atoms with Gasteiger partial charge in [-0.05, 0) is 36.8 Å². The molecule has 0 aliphatic carbocycles. The Hall–Kier alpha value is -2.26. The second-order valence-electron chi connectivity index (χ2n) is 4.98. The van der Waals surface area contributed by atoms with E-state index in [0.717, 1.165) is 5.56 Å². The average Bonchev–Trinajstić information content (AvgIpc) is 3.14. The van der Waals surface area contributed by atoms with Gasteiger partial charge in [0.2, 0.25) is 0 Å². The SMILES string of the molecule is CC(O)(c1ccccc1)C(c1ccco1)c1ccco1. The predicted molar refractivity (Wildman–Crippen MR) is 75.3 cm³/mol. The second kappa shape index (κ2) is 5.02. The van der Waals surface area contributed by atoms with E-state index in [9.17, 15) is 5.11 Å². The maximum absolute atomic E-state index is 11.1. The molecule has 0 radical (unpaired) electrons. The van der Waals surface area contributed by atoms with Crippen molar-refractivity contribution in [2.45, 2.75) is 18.4 Å². The van der Waals surface area contributed by atoms with Crippen LogP contribution in [-0.4, -0.2) is 5.11 Å². The smallest absolute Gasteiger partial charge is 0.117 e. The molecule has 0 amide bonds. The van der Waals surface area contributed by atoms with Crippen molar-refractivity contribution in [2.75, 3.05) is 0 Å². The molecule has 3 heteroatoms. The molecule has 1 N–H and O–H groups in total. The molecule has 0 spiro atoms. The summed E-state index contributed by atoms with van der Waals surface area (Å²) < 4.78 is 11.0. The molecule has 0 aliphatic heterocycles. The Morgan fingerprint density at radius 3 is 1.85 bits per heavy atom. The maximum atomic E-state index is 11.1. The fourth-order valence-corrected chi connectivity index (χ4v) is 2.55. The highest BCUT2D eigenvalue weighted by Gasteiger charge is 2.39. The van der Waals surface area contributed by atoms with Gasteiger partial charge in [0.05, 0.1) is 12.5 Å². The summed E-state index contributed by atoms with van der Waals surface area (Å²) >= 11 is 0. The summed E-state index contributed by atoms with van der Waals surface area (Å²) in [6.07, 6.45) is 3.21. The second-order valence-corrected chi connectivity index (χ2v) is 4.98. The Morgan fingerprint density at radius 2 is 1.40 bits per heavy atom. The molecule has 20 heavy (non-hydrogen) atoms. The molecular weight excluding hydrogens is 252 g/mol. The van der Waals surface area contributed by atoms with E-state index in [1.165, 1.54) is 0 Å². The summed E-state index contributed by atoms with van der Waals surface area (Å²) in [7, 11) is 0. The highest BCUT2D eigenvalue weighted by Crippen LogP contribution is 2.41. The van der Waals surface area contributed by atoms with Crippen LogP contribution >= 0.6 is 0 Å². The molecule has 0 bridgehead atoms. The van der Waals surface area contributed by atoms with Crippen molar-refractivity contribution in [2.24, 2.45) is 0 Å². The highest BCUT2D eigenvalue weighted by atomic mass is 16.4. The van der Waals surface area contributed by atoms with E-state index in [-0.39, 0.29) is 0 Å². The first kappa shape index (κ1) is 12.8. The van der Waals surface area contributed by atoms with Crippen LogP contribution in [-0.2, 0) is 5.60 Å². The average molecular weight is 268 g/mol. The van der Waals surface area contributed by atoms with E-state index in [1.54, 1.807) is 19.5 Å². The number of benzene rings is 1. The van der Waals surface area contributed by atoms with Gasteiger partial charge in [-0.1, -0.05) is 30.3 Å². The van der Waals surface area contributed by atoms with Gasteiger partial charge in [-0.2, -0.15) is 0 Å². The van der Waals surface area contributed by atoms with Gasteiger partial charge < -0.3 is 13.9 Å². The lowest BCUT2D eigenvalue weighted by molar-refractivity contribution is 0.0261. The summed E-state index contributed by atoms with van der Waals surface area (Å²) in [4.78, 5) is 0. The number of hydrogen-bond acceptors (Lipinski definition) is 3. The van der Waals surface area contributed by atoms with Crippen LogP contribution in [0.25, 0.3) is 0 Å². The summed E-state index contributed by atoms with van der Waals surface area (Å²) in [5, 5.41) is 11.1. The topological polar surface area (TPSA) is 46.5 Å². The van der Waals surface area contributed by atoms with Crippen LogP contribution in [0.4, 0.5) is 0 Å². The van der Waals surface area contributed by atoms with Gasteiger partial charge in [0, 0.05) is 0 Å². The summed E-state index contributed by atoms with van der Waals surface area (Å²) in [5.74, 6) is 0.956. The van der Waals surface area contributed by atoms with Crippen molar-refractivity contribution in [3.05, 3.63) is 84.2 Å². The first-order valence-electron chi connectivity index (χ1n) is 6.54. The van der Waals surface area contributed by atoms with Crippen LogP contribution < -0.4 is 0 Å². The zero-order valence-electron chi connectivity index (χ0n) is 11.2. The van der Waals surface area contributed by atoms with Crippen molar-refractivity contribution < 1.29 is 13.9 Å². The molecule has 3 nitrogen and oxygen atoms in total. The van der Waals surface area contributed by atoms with E-state index in [4.69, 9.17) is 8.83 Å². The highest BCUT2D eigenvalue weighted by molar-refractivity contribution is 5.32. The van der Waals surface area contributed by atoms with Gasteiger partial charge in [0.15, 0.2) is 0 Å². The molecule has 1 aromatic carbocycles. The zero-order chi connectivity index (χ0) is 14.0. The number of hydrogen-bond donors (Lipinski definition) is 1. The first-order chi connectivity index (χ1) is 9.69. The predicted octanol–water partition coefficient (Wildman–Crippen LogP) is 3.91. The third-order valence-electron chi connectivity index (χ3n) is 3.58. The van der Waals surface area contributed by atoms with Gasteiger partial charge >= 0.3 is 0 Å². The molecule has 0 saturated heterocycles. The van der Waals surface area contributed by atoms with Gasteiger partial charge in [-0.15, -0.1) is 0 Å². The van der Waals surface area contributed by atoms with E-state index >= 15 is 0 Å². The van der Waals surface area contributed by atoms with Crippen molar-refractivity contribution in [1.82, 2.24) is 0 Å². The quantitative estimate of drug-likeness (QED) is 0.780. The summed E-state index contributed by atoms with van der Waals surface area (Å²) in [6.45, 7) is 1.78. The van der Waals surface area contributed by atoms with E-state index < -0.39 is 11.5 Å². The van der Waals surface area contributed by atoms with Crippen molar-refractivity contribution >= 4 is 0 Å². The summed E-state index contributed by atoms with van der Waals surface area (Å²) in [5.41, 5.74) is -0.311. The Labute approximate surface area is 117 Å². The fraction of sp³-hybridized carbons (Fsp3) is 0.176. The van der Waals surface area contributed by atoms with Gasteiger partial charge in [0.1, 0.15) is 23.0 Å². The lowest BCUT2D eigenvalue weighted by Gasteiger charge is -2.30. The molecule has 3 aromatic rings. The van der Waals surface area contributed by atoms with E-state index in [0.29, 0.717) is 11.5 Å². The van der Waals surface area contributed by atoms with Crippen LogP contribution in [0, 0.1) is 0 Å². The third kappa shape index (κ3) is 2.17. The largest absolute Gasteiger partial charge is 0.468 e. The molecule has 0 fully saturated rings. The van der Waals surface area contributed by atoms with Gasteiger partial charge in [0.25, 0.3) is 0 Å². The lowest BCUT2D eigenvalue weighted by atomic mass is 9.80. The maximum Gasteiger partial charge on any atom is 0.117 e. The molecule has 1 unspecified atom stereocenters. The number of aliphatic hydroxyl groups is 1. The van der Waals surface area contributed by atoms with Crippen LogP contribution in [0.15, 0.2) is 76.0 Å². The first-order valence-corrected chi connectivity index (χ1v) is 6.54. The molecule has 0 aliphatic rings. The zero-order valence-corrected chi connectivity index (χ0v) is 11.2. The Morgan fingerprint density at radius 1 is 0.850 bits per heavy atom. The van der Waals surface area contributed by atoms with Crippen LogP contribution in [0.5, 0.6) is 0 Å². The third-order valence-corrected chi connectivity index (χ3v) is 3.58. The Bertz CT molecular complexity index is 603. The normalized spacial score (nSPS) is 14.3. The van der Waals surface area contributed by atoms with Crippen molar-refractivity contribution in [1.29, 1.82) is 0 Å². The summed E-state index contributed by atoms with van der Waals surface area (Å²) in [6, 6.07) is 16.9. The minimum Gasteiger partial charge on any atom is -0.468 e. The van der Waals surface area contributed by atoms with E-state index in [1.807, 2.05) is 54.6 Å². The van der Waals surface area contributed by atoms with Crippen LogP contribution in [0.2, 0.25) is 0 Å². The molecule has 2 heterocycles. The molecule has 102 valence electrons. The molecule has 2 aromatic heterocycles. The minimum absolute atomic E-state index is 0.394. The van der Waals surface area contributed by atoms with Crippen molar-refractivity contribution in [3.63, 3.8) is 0 Å². The number of furan rings is 2. The monoisotopic (exact) mass is 268 g/mol. The Balaban J connectivity index is 2.10. The molecule has 1 atom stereocenters. The standard InChI is InChI=1S/C17H16O3/c1-17(18,13-7-3-2-4-8-13)16(14-9-5-11-19-14)15-10-6-12-20-15/h2-12,16,18H,1H3. The fourth-order valence-electron chi connectivity index (χ4n) is 2.55. The number of rotatable bonds is 4. The van der Waals surface area contributed by atoms with Gasteiger partial charge in [-0.25, -0.2) is 0 Å². The van der Waals surface area contributed by atoms with Crippen molar-refractivity contribution in [3.8, 4) is 0 Å². The van der Waals surface area contributed by atoms with Gasteiger partial charge in [-0.3, -0.25) is 0 Å².